The molecule has 0 aromatic heterocycles. The largest absolute Gasteiger partial charge is 0.481 e. The van der Waals surface area contributed by atoms with Crippen LogP contribution in [0.4, 0.5) is 14.9 Å². The van der Waals surface area contributed by atoms with Crippen LogP contribution in [-0.2, 0) is 9.53 Å². The summed E-state index contributed by atoms with van der Waals surface area (Å²) in [6, 6.07) is 3.00. The van der Waals surface area contributed by atoms with Gasteiger partial charge < -0.3 is 15.6 Å². The van der Waals surface area contributed by atoms with Crippen molar-refractivity contribution in [3.63, 3.8) is 0 Å². The Morgan fingerprint density at radius 3 is 2.57 bits per heavy atom. The Balaban J connectivity index is 2.87. The molecule has 1 amide bonds. The van der Waals surface area contributed by atoms with Crippen LogP contribution in [0.15, 0.2) is 18.2 Å². The summed E-state index contributed by atoms with van der Waals surface area (Å²) in [6.07, 6.45) is -1.09. The molecule has 1 aromatic carbocycles. The third kappa shape index (κ3) is 5.78. The lowest BCUT2D eigenvalue weighted by Gasteiger charge is -2.20. The van der Waals surface area contributed by atoms with Crippen LogP contribution in [0.3, 0.4) is 0 Å². The maximum absolute atomic E-state index is 13.7. The molecule has 0 fully saturated rings. The lowest BCUT2D eigenvalue weighted by Crippen LogP contribution is -2.27. The monoisotopic (exact) mass is 298 g/mol. The van der Waals surface area contributed by atoms with Crippen molar-refractivity contribution in [1.82, 2.24) is 0 Å². The number of halogens is 1. The second kappa shape index (κ2) is 6.53. The van der Waals surface area contributed by atoms with Crippen molar-refractivity contribution in [2.24, 2.45) is 5.73 Å². The topological polar surface area (TPSA) is 102 Å². The first kappa shape index (κ1) is 16.9. The number of carbonyl (C=O) groups is 2. The van der Waals surface area contributed by atoms with E-state index in [0.717, 1.165) is 6.07 Å². The molecular weight excluding hydrogens is 279 g/mol. The van der Waals surface area contributed by atoms with E-state index in [9.17, 15) is 14.0 Å². The molecule has 7 heteroatoms. The van der Waals surface area contributed by atoms with Crippen molar-refractivity contribution in [2.45, 2.75) is 38.8 Å². The van der Waals surface area contributed by atoms with Gasteiger partial charge in [0.1, 0.15) is 11.4 Å². The molecule has 0 radical (unpaired) electrons. The first-order chi connectivity index (χ1) is 9.58. The number of carboxylic acids is 1. The average molecular weight is 298 g/mol. The minimum atomic E-state index is -1.06. The molecule has 0 bridgehead atoms. The number of rotatable bonds is 4. The molecule has 0 aliphatic rings. The van der Waals surface area contributed by atoms with Crippen LogP contribution < -0.4 is 11.1 Å². The maximum atomic E-state index is 13.7. The zero-order valence-corrected chi connectivity index (χ0v) is 12.1. The van der Waals surface area contributed by atoms with Crippen LogP contribution in [0.25, 0.3) is 0 Å². The summed E-state index contributed by atoms with van der Waals surface area (Å²) in [6.45, 7) is 5.05. The number of benzene rings is 1. The Bertz CT molecular complexity index is 540. The highest BCUT2D eigenvalue weighted by Gasteiger charge is 2.18. The predicted octanol–water partition coefficient (Wildman–Crippen LogP) is 2.65. The van der Waals surface area contributed by atoms with E-state index in [1.807, 2.05) is 0 Å². The standard InChI is InChI=1S/C14H19FN2O4/c1-14(2,3)21-13(20)17-11-6-8(4-5-9(11)15)10(16)7-12(18)19/h4-6,10H,7,16H2,1-3H3,(H,17,20)(H,18,19). The van der Waals surface area contributed by atoms with E-state index in [2.05, 4.69) is 5.32 Å². The Morgan fingerprint density at radius 1 is 1.43 bits per heavy atom. The van der Waals surface area contributed by atoms with Gasteiger partial charge in [0, 0.05) is 6.04 Å². The fraction of sp³-hybridized carbons (Fsp3) is 0.429. The second-order valence-electron chi connectivity index (χ2n) is 5.57. The fourth-order valence-electron chi connectivity index (χ4n) is 1.59. The summed E-state index contributed by atoms with van der Waals surface area (Å²) < 4.78 is 18.7. The lowest BCUT2D eigenvalue weighted by atomic mass is 10.0. The molecule has 0 aliphatic heterocycles. The van der Waals surface area contributed by atoms with Crippen LogP contribution in [0.5, 0.6) is 0 Å². The zero-order chi connectivity index (χ0) is 16.2. The van der Waals surface area contributed by atoms with Gasteiger partial charge in [-0.25, -0.2) is 9.18 Å². The number of nitrogens with one attached hydrogen (secondary N) is 1. The highest BCUT2D eigenvalue weighted by atomic mass is 19.1. The number of aliphatic carboxylic acids is 1. The second-order valence-corrected chi connectivity index (χ2v) is 5.57. The zero-order valence-electron chi connectivity index (χ0n) is 12.1. The molecule has 0 spiro atoms. The smallest absolute Gasteiger partial charge is 0.412 e. The van der Waals surface area contributed by atoms with E-state index in [1.54, 1.807) is 20.8 Å². The van der Waals surface area contributed by atoms with Crippen LogP contribution in [0, 0.1) is 5.82 Å². The molecule has 1 unspecified atom stereocenters. The molecule has 21 heavy (non-hydrogen) atoms. The normalized spacial score (nSPS) is 12.6. The van der Waals surface area contributed by atoms with Gasteiger partial charge >= 0.3 is 12.1 Å². The lowest BCUT2D eigenvalue weighted by molar-refractivity contribution is -0.137. The number of ether oxygens (including phenoxy) is 1. The number of carboxylic acid groups (broad SMARTS) is 1. The highest BCUT2D eigenvalue weighted by molar-refractivity contribution is 5.85. The Hall–Kier alpha value is -2.15. The number of carbonyl (C=O) groups excluding carboxylic acids is 1. The molecule has 1 atom stereocenters. The molecule has 0 heterocycles. The fourth-order valence-corrected chi connectivity index (χ4v) is 1.59. The van der Waals surface area contributed by atoms with Gasteiger partial charge in [0.2, 0.25) is 0 Å². The van der Waals surface area contributed by atoms with Crippen molar-refractivity contribution in [3.8, 4) is 0 Å². The first-order valence-electron chi connectivity index (χ1n) is 6.35. The number of hydrogen-bond donors (Lipinski definition) is 3. The van der Waals surface area contributed by atoms with Gasteiger partial charge in [-0.15, -0.1) is 0 Å². The van der Waals surface area contributed by atoms with Gasteiger partial charge in [0.15, 0.2) is 0 Å². The van der Waals surface area contributed by atoms with Gasteiger partial charge in [-0.3, -0.25) is 10.1 Å². The van der Waals surface area contributed by atoms with E-state index >= 15 is 0 Å². The highest BCUT2D eigenvalue weighted by Crippen LogP contribution is 2.22. The number of hydrogen-bond acceptors (Lipinski definition) is 4. The molecule has 0 saturated heterocycles. The van der Waals surface area contributed by atoms with Crippen molar-refractivity contribution in [1.29, 1.82) is 0 Å². The molecule has 6 nitrogen and oxygen atoms in total. The van der Waals surface area contributed by atoms with Crippen LogP contribution in [-0.4, -0.2) is 22.8 Å². The maximum Gasteiger partial charge on any atom is 0.412 e. The minimum Gasteiger partial charge on any atom is -0.481 e. The van der Waals surface area contributed by atoms with Crippen molar-refractivity contribution in [2.75, 3.05) is 5.32 Å². The SMILES string of the molecule is CC(C)(C)OC(=O)Nc1cc(C(N)CC(=O)O)ccc1F. The minimum absolute atomic E-state index is 0.109. The van der Waals surface area contributed by atoms with Crippen molar-refractivity contribution in [3.05, 3.63) is 29.6 Å². The average Bonchev–Trinajstić information content (AvgIpc) is 2.28. The van der Waals surface area contributed by atoms with Gasteiger partial charge in [-0.05, 0) is 38.5 Å². The number of amides is 1. The van der Waals surface area contributed by atoms with Crippen LogP contribution >= 0.6 is 0 Å². The van der Waals surface area contributed by atoms with E-state index in [0.29, 0.717) is 5.56 Å². The van der Waals surface area contributed by atoms with E-state index in [1.165, 1.54) is 12.1 Å². The van der Waals surface area contributed by atoms with Gasteiger partial charge in [0.05, 0.1) is 12.1 Å². The van der Waals surface area contributed by atoms with E-state index in [-0.39, 0.29) is 12.1 Å². The number of nitrogens with two attached hydrogens (primary N) is 1. The summed E-state index contributed by atoms with van der Waals surface area (Å²) in [5, 5.41) is 11.0. The molecule has 1 rings (SSSR count). The summed E-state index contributed by atoms with van der Waals surface area (Å²) in [4.78, 5) is 22.2. The molecule has 1 aromatic rings. The molecule has 0 aliphatic carbocycles. The summed E-state index contributed by atoms with van der Waals surface area (Å²) in [7, 11) is 0. The number of anilines is 1. The third-order valence-corrected chi connectivity index (χ3v) is 2.45. The van der Waals surface area contributed by atoms with Gasteiger partial charge in [-0.1, -0.05) is 6.07 Å². The molecule has 116 valence electrons. The van der Waals surface area contributed by atoms with Gasteiger partial charge in [-0.2, -0.15) is 0 Å². The van der Waals surface area contributed by atoms with Crippen molar-refractivity contribution < 1.29 is 23.8 Å². The van der Waals surface area contributed by atoms with E-state index in [4.69, 9.17) is 15.6 Å². The summed E-state index contributed by atoms with van der Waals surface area (Å²) in [5.41, 5.74) is 5.29. The quantitative estimate of drug-likeness (QED) is 0.793. The first-order valence-corrected chi connectivity index (χ1v) is 6.35. The molecule has 4 N–H and O–H groups in total. The van der Waals surface area contributed by atoms with Gasteiger partial charge in [0.25, 0.3) is 0 Å². The van der Waals surface area contributed by atoms with Crippen molar-refractivity contribution >= 4 is 17.7 Å². The molecular formula is C14H19FN2O4. The van der Waals surface area contributed by atoms with Crippen LogP contribution in [0.1, 0.15) is 38.8 Å². The molecule has 0 saturated carbocycles. The third-order valence-electron chi connectivity index (χ3n) is 2.45. The van der Waals surface area contributed by atoms with Crippen LogP contribution in [0.2, 0.25) is 0 Å². The Morgan fingerprint density at radius 2 is 2.05 bits per heavy atom. The Kier molecular flexibility index (Phi) is 5.26. The summed E-state index contributed by atoms with van der Waals surface area (Å²) in [5.74, 6) is -1.72. The summed E-state index contributed by atoms with van der Waals surface area (Å²) >= 11 is 0. The predicted molar refractivity (Wildman–Crippen MR) is 75.4 cm³/mol. The Labute approximate surface area is 122 Å². The van der Waals surface area contributed by atoms with E-state index < -0.39 is 29.5 Å².